The van der Waals surface area contributed by atoms with Crippen LogP contribution in [0, 0.1) is 23.7 Å². The van der Waals surface area contributed by atoms with E-state index in [1.54, 1.807) is 0 Å². The van der Waals surface area contributed by atoms with E-state index in [2.05, 4.69) is 17.2 Å². The fourth-order valence-corrected chi connectivity index (χ4v) is 1.42. The highest BCUT2D eigenvalue weighted by Crippen LogP contribution is 2.14. The molecule has 0 radical (unpaired) electrons. The Bertz CT molecular complexity index is 466. The molecule has 0 aliphatic carbocycles. The van der Waals surface area contributed by atoms with Crippen molar-refractivity contribution < 1.29 is 9.90 Å². The van der Waals surface area contributed by atoms with Gasteiger partial charge in [0.25, 0.3) is 0 Å². The summed E-state index contributed by atoms with van der Waals surface area (Å²) in [6, 6.07) is 7.40. The second-order valence-corrected chi connectivity index (χ2v) is 4.87. The van der Waals surface area contributed by atoms with Crippen LogP contribution in [0.2, 0.25) is 0 Å². The summed E-state index contributed by atoms with van der Waals surface area (Å²) in [5, 5.41) is 11.5. The predicted molar refractivity (Wildman–Crippen MR) is 77.7 cm³/mol. The van der Waals surface area contributed by atoms with Crippen LogP contribution >= 0.6 is 0 Å². The summed E-state index contributed by atoms with van der Waals surface area (Å²) in [6.07, 6.45) is 0.477. The van der Waals surface area contributed by atoms with E-state index in [0.717, 1.165) is 11.3 Å². The Kier molecular flexibility index (Phi) is 6.11. The van der Waals surface area contributed by atoms with Crippen molar-refractivity contribution in [2.75, 3.05) is 11.9 Å². The van der Waals surface area contributed by atoms with Crippen molar-refractivity contribution in [2.24, 2.45) is 11.8 Å². The normalized spacial score (nSPS) is 11.6. The molecule has 2 N–H and O–H groups in total. The van der Waals surface area contributed by atoms with Crippen molar-refractivity contribution in [1.82, 2.24) is 0 Å². The number of amides is 1. The van der Waals surface area contributed by atoms with Crippen molar-refractivity contribution in [1.29, 1.82) is 0 Å². The highest BCUT2D eigenvalue weighted by atomic mass is 16.2. The zero-order valence-electron chi connectivity index (χ0n) is 11.7. The predicted octanol–water partition coefficient (Wildman–Crippen LogP) is 2.65. The Hall–Kier alpha value is -1.79. The molecule has 1 amide bonds. The number of aliphatic hydroxyl groups is 1. The van der Waals surface area contributed by atoms with Crippen LogP contribution in [0.1, 0.15) is 32.8 Å². The molecule has 1 aromatic rings. The standard InChI is InChI=1S/C16H21NO2/c1-12(2)13(3)16(19)17-15-9-7-14(8-10-15)6-4-5-11-18/h7-10,12-13,18H,5,11H2,1-3H3,(H,17,19). The molecule has 0 saturated heterocycles. The molecular formula is C16H21NO2. The first-order valence-corrected chi connectivity index (χ1v) is 6.55. The van der Waals surface area contributed by atoms with Crippen molar-refractivity contribution in [3.8, 4) is 11.8 Å². The lowest BCUT2D eigenvalue weighted by atomic mass is 9.97. The zero-order valence-corrected chi connectivity index (χ0v) is 11.7. The Morgan fingerprint density at radius 1 is 1.26 bits per heavy atom. The van der Waals surface area contributed by atoms with Gasteiger partial charge in [-0.05, 0) is 30.2 Å². The Balaban J connectivity index is 2.63. The summed E-state index contributed by atoms with van der Waals surface area (Å²) < 4.78 is 0. The smallest absolute Gasteiger partial charge is 0.227 e. The SMILES string of the molecule is CC(C)C(C)C(=O)Nc1ccc(C#CCCO)cc1. The lowest BCUT2D eigenvalue weighted by molar-refractivity contribution is -0.120. The monoisotopic (exact) mass is 259 g/mol. The van der Waals surface area contributed by atoms with Crippen LogP contribution in [0.25, 0.3) is 0 Å². The molecule has 1 atom stereocenters. The molecule has 102 valence electrons. The Labute approximate surface area is 115 Å². The van der Waals surface area contributed by atoms with Gasteiger partial charge >= 0.3 is 0 Å². The van der Waals surface area contributed by atoms with E-state index in [9.17, 15) is 4.79 Å². The molecule has 0 saturated carbocycles. The first-order valence-electron chi connectivity index (χ1n) is 6.55. The lowest BCUT2D eigenvalue weighted by Gasteiger charge is -2.15. The van der Waals surface area contributed by atoms with Crippen molar-refractivity contribution in [3.63, 3.8) is 0 Å². The van der Waals surface area contributed by atoms with Crippen LogP contribution in [-0.4, -0.2) is 17.6 Å². The highest BCUT2D eigenvalue weighted by Gasteiger charge is 2.16. The van der Waals surface area contributed by atoms with Gasteiger partial charge in [0, 0.05) is 23.6 Å². The molecule has 19 heavy (non-hydrogen) atoms. The number of benzene rings is 1. The summed E-state index contributed by atoms with van der Waals surface area (Å²) in [6.45, 7) is 6.07. The molecular weight excluding hydrogens is 238 g/mol. The topological polar surface area (TPSA) is 49.3 Å². The second kappa shape index (κ2) is 7.60. The van der Waals surface area contributed by atoms with Crippen LogP contribution in [0.3, 0.4) is 0 Å². The third kappa shape index (κ3) is 5.15. The zero-order chi connectivity index (χ0) is 14.3. The second-order valence-electron chi connectivity index (χ2n) is 4.87. The molecule has 1 aromatic carbocycles. The lowest BCUT2D eigenvalue weighted by Crippen LogP contribution is -2.24. The minimum atomic E-state index is -0.0102. The summed E-state index contributed by atoms with van der Waals surface area (Å²) in [7, 11) is 0. The molecule has 3 heteroatoms. The third-order valence-corrected chi connectivity index (χ3v) is 3.04. The number of carbonyl (C=O) groups is 1. The van der Waals surface area contributed by atoms with Crippen LogP contribution in [0.5, 0.6) is 0 Å². The van der Waals surface area contributed by atoms with Gasteiger partial charge in [-0.1, -0.05) is 32.6 Å². The average molecular weight is 259 g/mol. The van der Waals surface area contributed by atoms with E-state index in [0.29, 0.717) is 12.3 Å². The van der Waals surface area contributed by atoms with Gasteiger partial charge in [0.1, 0.15) is 0 Å². The summed E-state index contributed by atoms with van der Waals surface area (Å²) >= 11 is 0. The summed E-state index contributed by atoms with van der Waals surface area (Å²) in [5.74, 6) is 6.15. The average Bonchev–Trinajstić information content (AvgIpc) is 2.40. The van der Waals surface area contributed by atoms with Gasteiger partial charge in [-0.3, -0.25) is 4.79 Å². The number of hydrogen-bond donors (Lipinski definition) is 2. The highest BCUT2D eigenvalue weighted by molar-refractivity contribution is 5.92. The van der Waals surface area contributed by atoms with Crippen molar-refractivity contribution >= 4 is 11.6 Å². The molecule has 0 fully saturated rings. The van der Waals surface area contributed by atoms with Crippen LogP contribution in [-0.2, 0) is 4.79 Å². The minimum absolute atomic E-state index is 0.0102. The van der Waals surface area contributed by atoms with E-state index < -0.39 is 0 Å². The van der Waals surface area contributed by atoms with Crippen LogP contribution in [0.4, 0.5) is 5.69 Å². The van der Waals surface area contributed by atoms with Gasteiger partial charge in [-0.15, -0.1) is 0 Å². The number of hydrogen-bond acceptors (Lipinski definition) is 2. The Morgan fingerprint density at radius 2 is 1.89 bits per heavy atom. The quantitative estimate of drug-likeness (QED) is 0.817. The minimum Gasteiger partial charge on any atom is -0.395 e. The van der Waals surface area contributed by atoms with Gasteiger partial charge in [-0.2, -0.15) is 0 Å². The molecule has 0 spiro atoms. The molecule has 1 unspecified atom stereocenters. The van der Waals surface area contributed by atoms with Gasteiger partial charge in [0.2, 0.25) is 5.91 Å². The van der Waals surface area contributed by atoms with E-state index >= 15 is 0 Å². The number of carbonyl (C=O) groups excluding carboxylic acids is 1. The summed E-state index contributed by atoms with van der Waals surface area (Å²) in [4.78, 5) is 11.9. The van der Waals surface area contributed by atoms with E-state index in [1.807, 2.05) is 45.0 Å². The fourth-order valence-electron chi connectivity index (χ4n) is 1.42. The third-order valence-electron chi connectivity index (χ3n) is 3.04. The largest absolute Gasteiger partial charge is 0.395 e. The molecule has 0 aliphatic rings. The van der Waals surface area contributed by atoms with E-state index in [4.69, 9.17) is 5.11 Å². The molecule has 0 heterocycles. The van der Waals surface area contributed by atoms with Gasteiger partial charge in [0.05, 0.1) is 6.61 Å². The van der Waals surface area contributed by atoms with Gasteiger partial charge in [-0.25, -0.2) is 0 Å². The van der Waals surface area contributed by atoms with Crippen LogP contribution in [0.15, 0.2) is 24.3 Å². The maximum Gasteiger partial charge on any atom is 0.227 e. The fraction of sp³-hybridized carbons (Fsp3) is 0.438. The first kappa shape index (κ1) is 15.3. The van der Waals surface area contributed by atoms with Gasteiger partial charge in [0.15, 0.2) is 0 Å². The molecule has 0 bridgehead atoms. The number of nitrogens with one attached hydrogen (secondary N) is 1. The van der Waals surface area contributed by atoms with E-state index in [-0.39, 0.29) is 18.4 Å². The number of aliphatic hydroxyl groups excluding tert-OH is 1. The Morgan fingerprint density at radius 3 is 2.42 bits per heavy atom. The van der Waals surface area contributed by atoms with Crippen LogP contribution < -0.4 is 5.32 Å². The molecule has 0 aromatic heterocycles. The molecule has 1 rings (SSSR count). The number of rotatable bonds is 4. The van der Waals surface area contributed by atoms with Crippen molar-refractivity contribution in [2.45, 2.75) is 27.2 Å². The van der Waals surface area contributed by atoms with E-state index in [1.165, 1.54) is 0 Å². The number of anilines is 1. The maximum absolute atomic E-state index is 11.9. The first-order chi connectivity index (χ1) is 9.04. The molecule has 0 aliphatic heterocycles. The van der Waals surface area contributed by atoms with Crippen molar-refractivity contribution in [3.05, 3.63) is 29.8 Å². The van der Waals surface area contributed by atoms with Gasteiger partial charge < -0.3 is 10.4 Å². The summed E-state index contributed by atoms with van der Waals surface area (Å²) in [5.41, 5.74) is 1.66. The maximum atomic E-state index is 11.9. The molecule has 3 nitrogen and oxygen atoms in total.